The summed E-state index contributed by atoms with van der Waals surface area (Å²) >= 11 is 0. The number of rotatable bonds is 5. The molecule has 0 saturated carbocycles. The number of aromatic amines is 1. The number of fused-ring (bicyclic) bond motifs is 1. The van der Waals surface area contributed by atoms with Crippen LogP contribution in [0, 0.1) is 0 Å². The van der Waals surface area contributed by atoms with Crippen molar-refractivity contribution in [3.8, 4) is 22.6 Å². The van der Waals surface area contributed by atoms with Gasteiger partial charge in [0.25, 0.3) is 0 Å². The maximum absolute atomic E-state index is 12.6. The first-order valence-corrected chi connectivity index (χ1v) is 12.0. The van der Waals surface area contributed by atoms with Crippen molar-refractivity contribution >= 4 is 34.5 Å². The number of urea groups is 1. The molecule has 2 amide bonds. The van der Waals surface area contributed by atoms with Crippen LogP contribution in [0.1, 0.15) is 0 Å². The number of anilines is 3. The van der Waals surface area contributed by atoms with E-state index in [9.17, 15) is 4.79 Å². The largest absolute Gasteiger partial charge is 0.378 e. The maximum atomic E-state index is 12.6. The zero-order valence-electron chi connectivity index (χ0n) is 20.2. The van der Waals surface area contributed by atoms with Crippen LogP contribution in [0.2, 0.25) is 0 Å². The highest BCUT2D eigenvalue weighted by atomic mass is 16.5. The van der Waals surface area contributed by atoms with Gasteiger partial charge in [0, 0.05) is 43.0 Å². The standard InChI is InChI=1S/C26H25N9O2/c1-34-21(15-20(33-34)17-5-3-2-4-6-17)30-26(36)29-19-9-7-18(8-10-19)23-31-22-24(32-23)27-16-28-25(22)35-11-13-37-14-12-35/h2-10,15-16H,11-14H2,1H3,(H2,29,30,36)(H,27,28,31,32). The predicted molar refractivity (Wildman–Crippen MR) is 141 cm³/mol. The van der Waals surface area contributed by atoms with E-state index in [1.54, 1.807) is 11.7 Å². The van der Waals surface area contributed by atoms with E-state index in [1.807, 2.05) is 60.7 Å². The van der Waals surface area contributed by atoms with Crippen LogP contribution in [0.5, 0.6) is 0 Å². The Morgan fingerprint density at radius 2 is 1.76 bits per heavy atom. The minimum absolute atomic E-state index is 0.357. The third-order valence-corrected chi connectivity index (χ3v) is 6.19. The molecule has 0 unspecified atom stereocenters. The molecule has 0 spiro atoms. The van der Waals surface area contributed by atoms with Crippen LogP contribution in [0.15, 0.2) is 67.0 Å². The molecule has 0 radical (unpaired) electrons. The molecule has 3 N–H and O–H groups in total. The van der Waals surface area contributed by atoms with Crippen LogP contribution in [0.3, 0.4) is 0 Å². The molecule has 1 aliphatic heterocycles. The van der Waals surface area contributed by atoms with Gasteiger partial charge in [-0.05, 0) is 24.3 Å². The molecule has 186 valence electrons. The molecule has 4 heterocycles. The first kappa shape index (κ1) is 22.7. The number of hydrogen-bond acceptors (Lipinski definition) is 7. The summed E-state index contributed by atoms with van der Waals surface area (Å²) in [6, 6.07) is 18.7. The molecule has 0 aliphatic carbocycles. The summed E-state index contributed by atoms with van der Waals surface area (Å²) < 4.78 is 7.09. The Labute approximate surface area is 212 Å². The van der Waals surface area contributed by atoms with Gasteiger partial charge in [0.05, 0.1) is 18.9 Å². The number of aryl methyl sites for hydroxylation is 1. The van der Waals surface area contributed by atoms with E-state index in [-0.39, 0.29) is 6.03 Å². The van der Waals surface area contributed by atoms with Crippen molar-refractivity contribution < 1.29 is 9.53 Å². The summed E-state index contributed by atoms with van der Waals surface area (Å²) in [5.74, 6) is 2.10. The maximum Gasteiger partial charge on any atom is 0.324 e. The van der Waals surface area contributed by atoms with E-state index in [4.69, 9.17) is 4.74 Å². The Bertz CT molecular complexity index is 1540. The second-order valence-electron chi connectivity index (χ2n) is 8.64. The molecule has 0 bridgehead atoms. The number of ether oxygens (including phenoxy) is 1. The Kier molecular flexibility index (Phi) is 5.95. The molecule has 3 aromatic heterocycles. The molecule has 37 heavy (non-hydrogen) atoms. The third kappa shape index (κ3) is 4.71. The highest BCUT2D eigenvalue weighted by Gasteiger charge is 2.18. The summed E-state index contributed by atoms with van der Waals surface area (Å²) in [7, 11) is 1.79. The fourth-order valence-corrected chi connectivity index (χ4v) is 4.29. The van der Waals surface area contributed by atoms with Crippen LogP contribution in [-0.4, -0.2) is 62.1 Å². The molecule has 1 aliphatic rings. The molecular formula is C26H25N9O2. The fourth-order valence-electron chi connectivity index (χ4n) is 4.29. The SMILES string of the molecule is Cn1nc(-c2ccccc2)cc1NC(=O)Nc1ccc(-c2nc3ncnc(N4CCOCC4)c3[nH]2)cc1. The average molecular weight is 496 g/mol. The second kappa shape index (κ2) is 9.70. The van der Waals surface area contributed by atoms with Crippen molar-refractivity contribution in [1.82, 2.24) is 29.7 Å². The monoisotopic (exact) mass is 495 g/mol. The highest BCUT2D eigenvalue weighted by Crippen LogP contribution is 2.27. The molecule has 5 aromatic rings. The van der Waals surface area contributed by atoms with E-state index in [1.165, 1.54) is 6.33 Å². The predicted octanol–water partition coefficient (Wildman–Crippen LogP) is 3.90. The van der Waals surface area contributed by atoms with Crippen molar-refractivity contribution in [2.75, 3.05) is 41.8 Å². The minimum atomic E-state index is -0.357. The summed E-state index contributed by atoms with van der Waals surface area (Å²) in [5, 5.41) is 10.2. The number of carbonyl (C=O) groups is 1. The molecule has 11 heteroatoms. The van der Waals surface area contributed by atoms with Crippen LogP contribution < -0.4 is 15.5 Å². The molecule has 11 nitrogen and oxygen atoms in total. The number of imidazole rings is 1. The lowest BCUT2D eigenvalue weighted by atomic mass is 10.2. The zero-order chi connectivity index (χ0) is 25.2. The van der Waals surface area contributed by atoms with Crippen LogP contribution >= 0.6 is 0 Å². The lowest BCUT2D eigenvalue weighted by Gasteiger charge is -2.27. The second-order valence-corrected chi connectivity index (χ2v) is 8.64. The third-order valence-electron chi connectivity index (χ3n) is 6.19. The van der Waals surface area contributed by atoms with Crippen molar-refractivity contribution in [2.45, 2.75) is 0 Å². The summed E-state index contributed by atoms with van der Waals surface area (Å²) in [4.78, 5) is 31.6. The van der Waals surface area contributed by atoms with Crippen molar-refractivity contribution in [3.63, 3.8) is 0 Å². The van der Waals surface area contributed by atoms with Gasteiger partial charge in [0.2, 0.25) is 0 Å². The van der Waals surface area contributed by atoms with Crippen LogP contribution in [0.25, 0.3) is 33.8 Å². The Morgan fingerprint density at radius 3 is 2.54 bits per heavy atom. The van der Waals surface area contributed by atoms with E-state index in [0.29, 0.717) is 36.2 Å². The fraction of sp³-hybridized carbons (Fsp3) is 0.192. The lowest BCUT2D eigenvalue weighted by Crippen LogP contribution is -2.36. The first-order chi connectivity index (χ1) is 18.1. The van der Waals surface area contributed by atoms with E-state index < -0.39 is 0 Å². The Morgan fingerprint density at radius 1 is 0.973 bits per heavy atom. The van der Waals surface area contributed by atoms with Crippen LogP contribution in [0.4, 0.5) is 22.1 Å². The van der Waals surface area contributed by atoms with Gasteiger partial charge in [-0.2, -0.15) is 5.10 Å². The van der Waals surface area contributed by atoms with E-state index in [0.717, 1.165) is 41.2 Å². The van der Waals surface area contributed by atoms with Crippen molar-refractivity contribution in [1.29, 1.82) is 0 Å². The van der Waals surface area contributed by atoms with Gasteiger partial charge in [-0.15, -0.1) is 0 Å². The summed E-state index contributed by atoms with van der Waals surface area (Å²) in [6.45, 7) is 2.89. The van der Waals surface area contributed by atoms with Gasteiger partial charge < -0.3 is 19.9 Å². The van der Waals surface area contributed by atoms with Gasteiger partial charge >= 0.3 is 6.03 Å². The number of H-pyrrole nitrogens is 1. The summed E-state index contributed by atoms with van der Waals surface area (Å²) in [6.07, 6.45) is 1.54. The van der Waals surface area contributed by atoms with Gasteiger partial charge in [-0.25, -0.2) is 19.7 Å². The number of nitrogens with one attached hydrogen (secondary N) is 3. The number of morpholine rings is 1. The number of nitrogens with zero attached hydrogens (tertiary/aromatic N) is 6. The Hall–Kier alpha value is -4.77. The molecular weight excluding hydrogens is 470 g/mol. The van der Waals surface area contributed by atoms with Gasteiger partial charge in [0.15, 0.2) is 11.5 Å². The average Bonchev–Trinajstić information content (AvgIpc) is 3.53. The molecule has 1 saturated heterocycles. The van der Waals surface area contributed by atoms with Gasteiger partial charge in [0.1, 0.15) is 23.5 Å². The van der Waals surface area contributed by atoms with E-state index in [2.05, 4.69) is 40.6 Å². The lowest BCUT2D eigenvalue weighted by molar-refractivity contribution is 0.122. The first-order valence-electron chi connectivity index (χ1n) is 12.0. The van der Waals surface area contributed by atoms with Gasteiger partial charge in [-0.1, -0.05) is 30.3 Å². The minimum Gasteiger partial charge on any atom is -0.378 e. The Balaban J connectivity index is 1.15. The normalized spacial score (nSPS) is 13.6. The zero-order valence-corrected chi connectivity index (χ0v) is 20.2. The topological polar surface area (TPSA) is 126 Å². The molecule has 6 rings (SSSR count). The highest BCUT2D eigenvalue weighted by molar-refractivity contribution is 5.99. The molecule has 0 atom stereocenters. The van der Waals surface area contributed by atoms with Crippen molar-refractivity contribution in [2.24, 2.45) is 7.05 Å². The quantitative estimate of drug-likeness (QED) is 0.338. The smallest absolute Gasteiger partial charge is 0.324 e. The van der Waals surface area contributed by atoms with Crippen LogP contribution in [-0.2, 0) is 11.8 Å². The number of hydrogen-bond donors (Lipinski definition) is 3. The van der Waals surface area contributed by atoms with Gasteiger partial charge in [-0.3, -0.25) is 10.00 Å². The number of carbonyl (C=O) groups excluding carboxylic acids is 1. The molecule has 1 fully saturated rings. The van der Waals surface area contributed by atoms with Crippen molar-refractivity contribution in [3.05, 3.63) is 67.0 Å². The number of aromatic nitrogens is 6. The number of amides is 2. The molecule has 2 aromatic carbocycles. The summed E-state index contributed by atoms with van der Waals surface area (Å²) in [5.41, 5.74) is 4.70. The van der Waals surface area contributed by atoms with E-state index >= 15 is 0 Å². The number of benzene rings is 2.